The van der Waals surface area contributed by atoms with E-state index in [4.69, 9.17) is 0 Å². The molecule has 2 rings (SSSR count). The van der Waals surface area contributed by atoms with E-state index in [-0.39, 0.29) is 5.82 Å². The van der Waals surface area contributed by atoms with Crippen molar-refractivity contribution in [3.63, 3.8) is 0 Å². The minimum atomic E-state index is -0.142. The highest BCUT2D eigenvalue weighted by molar-refractivity contribution is 7.99. The highest BCUT2D eigenvalue weighted by atomic mass is 32.2. The van der Waals surface area contributed by atoms with Gasteiger partial charge < -0.3 is 5.32 Å². The maximum Gasteiger partial charge on any atom is 0.123 e. The number of halogens is 1. The topological polar surface area (TPSA) is 12.0 Å². The molecule has 1 nitrogen and oxygen atoms in total. The third-order valence-electron chi connectivity index (χ3n) is 4.04. The molecule has 0 aliphatic carbocycles. The second-order valence-electron chi connectivity index (χ2n) is 5.77. The lowest BCUT2D eigenvalue weighted by atomic mass is 9.91. The second kappa shape index (κ2) is 8.68. The summed E-state index contributed by atoms with van der Waals surface area (Å²) in [4.78, 5) is 0. The predicted molar refractivity (Wildman–Crippen MR) is 86.9 cm³/mol. The summed E-state index contributed by atoms with van der Waals surface area (Å²) in [5, 5.41) is 3.68. The summed E-state index contributed by atoms with van der Waals surface area (Å²) in [7, 11) is 0. The molecule has 1 atom stereocenters. The Labute approximate surface area is 126 Å². The lowest BCUT2D eigenvalue weighted by Crippen LogP contribution is -2.34. The fraction of sp³-hybridized carbons (Fsp3) is 0.647. The summed E-state index contributed by atoms with van der Waals surface area (Å²) in [5.41, 5.74) is 1.24. The van der Waals surface area contributed by atoms with Gasteiger partial charge in [-0.05, 0) is 73.8 Å². The fourth-order valence-corrected chi connectivity index (χ4v) is 4.08. The quantitative estimate of drug-likeness (QED) is 0.806. The van der Waals surface area contributed by atoms with Crippen LogP contribution in [0, 0.1) is 11.7 Å². The van der Waals surface area contributed by atoms with E-state index < -0.39 is 0 Å². The third-order valence-corrected chi connectivity index (χ3v) is 5.09. The SMILES string of the molecule is CCCNC(Cc1ccc(F)cc1)CC1CCSCC1. The van der Waals surface area contributed by atoms with E-state index in [1.54, 1.807) is 12.1 Å². The van der Waals surface area contributed by atoms with E-state index in [0.717, 1.165) is 18.9 Å². The van der Waals surface area contributed by atoms with E-state index >= 15 is 0 Å². The molecule has 1 aromatic rings. The average Bonchev–Trinajstić information content (AvgIpc) is 2.48. The molecule has 1 aromatic carbocycles. The molecule has 1 unspecified atom stereocenters. The van der Waals surface area contributed by atoms with Crippen molar-refractivity contribution >= 4 is 11.8 Å². The molecular weight excluding hydrogens is 269 g/mol. The van der Waals surface area contributed by atoms with Gasteiger partial charge in [0.1, 0.15) is 5.82 Å². The highest BCUT2D eigenvalue weighted by Crippen LogP contribution is 2.27. The standard InChI is InChI=1S/C17H26FNS/c1-2-9-19-17(13-15-7-10-20-11-8-15)12-14-3-5-16(18)6-4-14/h3-6,15,17,19H,2,7-13H2,1H3. The zero-order valence-corrected chi connectivity index (χ0v) is 13.2. The van der Waals surface area contributed by atoms with Gasteiger partial charge in [-0.3, -0.25) is 0 Å². The molecular formula is C17H26FNS. The zero-order chi connectivity index (χ0) is 14.2. The van der Waals surface area contributed by atoms with Crippen LogP contribution in [0.3, 0.4) is 0 Å². The number of hydrogen-bond donors (Lipinski definition) is 1. The van der Waals surface area contributed by atoms with Gasteiger partial charge in [0.2, 0.25) is 0 Å². The number of thioether (sulfide) groups is 1. The van der Waals surface area contributed by atoms with Gasteiger partial charge in [-0.2, -0.15) is 11.8 Å². The summed E-state index contributed by atoms with van der Waals surface area (Å²) in [6, 6.07) is 7.53. The van der Waals surface area contributed by atoms with E-state index in [9.17, 15) is 4.39 Å². The van der Waals surface area contributed by atoms with Crippen LogP contribution in [-0.2, 0) is 6.42 Å². The van der Waals surface area contributed by atoms with Gasteiger partial charge in [0, 0.05) is 6.04 Å². The van der Waals surface area contributed by atoms with Gasteiger partial charge in [-0.1, -0.05) is 19.1 Å². The molecule has 1 heterocycles. The molecule has 1 fully saturated rings. The highest BCUT2D eigenvalue weighted by Gasteiger charge is 2.19. The van der Waals surface area contributed by atoms with Crippen molar-refractivity contribution in [2.75, 3.05) is 18.1 Å². The Morgan fingerprint density at radius 2 is 1.95 bits per heavy atom. The van der Waals surface area contributed by atoms with Crippen LogP contribution in [0.1, 0.15) is 38.2 Å². The van der Waals surface area contributed by atoms with E-state index in [2.05, 4.69) is 24.0 Å². The first-order chi connectivity index (χ1) is 9.78. The Bertz CT molecular complexity index is 373. The van der Waals surface area contributed by atoms with Crippen LogP contribution < -0.4 is 5.32 Å². The summed E-state index contributed by atoms with van der Waals surface area (Å²) in [6.45, 7) is 3.28. The Balaban J connectivity index is 1.89. The molecule has 0 amide bonds. The largest absolute Gasteiger partial charge is 0.314 e. The molecule has 112 valence electrons. The maximum absolute atomic E-state index is 13.0. The molecule has 1 saturated heterocycles. The van der Waals surface area contributed by atoms with Crippen molar-refractivity contribution < 1.29 is 4.39 Å². The van der Waals surface area contributed by atoms with Crippen LogP contribution >= 0.6 is 11.8 Å². The first-order valence-electron chi connectivity index (χ1n) is 7.83. The van der Waals surface area contributed by atoms with Crippen LogP contribution in [0.2, 0.25) is 0 Å². The molecule has 1 aliphatic rings. The number of rotatable bonds is 7. The van der Waals surface area contributed by atoms with Crippen LogP contribution in [0.4, 0.5) is 4.39 Å². The van der Waals surface area contributed by atoms with Crippen LogP contribution in [0.5, 0.6) is 0 Å². The third kappa shape index (κ3) is 5.45. The summed E-state index contributed by atoms with van der Waals surface area (Å²) in [6.07, 6.45) is 6.17. The predicted octanol–water partition coefficient (Wildman–Crippen LogP) is 4.27. The van der Waals surface area contributed by atoms with Crippen LogP contribution in [-0.4, -0.2) is 24.1 Å². The molecule has 0 radical (unpaired) electrons. The van der Waals surface area contributed by atoms with Crippen molar-refractivity contribution in [2.24, 2.45) is 5.92 Å². The van der Waals surface area contributed by atoms with Crippen molar-refractivity contribution in [1.29, 1.82) is 0 Å². The molecule has 1 N–H and O–H groups in total. The monoisotopic (exact) mass is 295 g/mol. The molecule has 1 aliphatic heterocycles. The summed E-state index contributed by atoms with van der Waals surface area (Å²) < 4.78 is 13.0. The van der Waals surface area contributed by atoms with Crippen molar-refractivity contribution in [3.8, 4) is 0 Å². The lowest BCUT2D eigenvalue weighted by Gasteiger charge is -2.27. The molecule has 3 heteroatoms. The Hall–Kier alpha value is -0.540. The molecule has 20 heavy (non-hydrogen) atoms. The Morgan fingerprint density at radius 3 is 2.60 bits per heavy atom. The minimum Gasteiger partial charge on any atom is -0.314 e. The summed E-state index contributed by atoms with van der Waals surface area (Å²) in [5.74, 6) is 3.37. The van der Waals surface area contributed by atoms with E-state index in [1.165, 1.54) is 42.8 Å². The van der Waals surface area contributed by atoms with E-state index in [1.807, 2.05) is 12.1 Å². The van der Waals surface area contributed by atoms with Gasteiger partial charge in [-0.15, -0.1) is 0 Å². The molecule has 0 saturated carbocycles. The van der Waals surface area contributed by atoms with E-state index in [0.29, 0.717) is 6.04 Å². The fourth-order valence-electron chi connectivity index (χ4n) is 2.88. The first kappa shape index (κ1) is 15.8. The Morgan fingerprint density at radius 1 is 1.25 bits per heavy atom. The van der Waals surface area contributed by atoms with Gasteiger partial charge >= 0.3 is 0 Å². The molecule has 0 spiro atoms. The van der Waals surface area contributed by atoms with Crippen molar-refractivity contribution in [3.05, 3.63) is 35.6 Å². The maximum atomic E-state index is 13.0. The molecule has 0 aromatic heterocycles. The van der Waals surface area contributed by atoms with Crippen LogP contribution in [0.25, 0.3) is 0 Å². The van der Waals surface area contributed by atoms with Crippen LogP contribution in [0.15, 0.2) is 24.3 Å². The zero-order valence-electron chi connectivity index (χ0n) is 12.4. The second-order valence-corrected chi connectivity index (χ2v) is 7.00. The number of benzene rings is 1. The number of hydrogen-bond acceptors (Lipinski definition) is 2. The lowest BCUT2D eigenvalue weighted by molar-refractivity contribution is 0.362. The first-order valence-corrected chi connectivity index (χ1v) is 8.99. The minimum absolute atomic E-state index is 0.142. The van der Waals surface area contributed by atoms with Crippen molar-refractivity contribution in [2.45, 2.75) is 45.1 Å². The van der Waals surface area contributed by atoms with Crippen molar-refractivity contribution in [1.82, 2.24) is 5.32 Å². The summed E-state index contributed by atoms with van der Waals surface area (Å²) >= 11 is 2.09. The van der Waals surface area contributed by atoms with Gasteiger partial charge in [0.25, 0.3) is 0 Å². The normalized spacial score (nSPS) is 18.1. The average molecular weight is 295 g/mol. The Kier molecular flexibility index (Phi) is 6.88. The van der Waals surface area contributed by atoms with Gasteiger partial charge in [-0.25, -0.2) is 4.39 Å². The number of nitrogens with one attached hydrogen (secondary N) is 1. The van der Waals surface area contributed by atoms with Gasteiger partial charge in [0.15, 0.2) is 0 Å². The van der Waals surface area contributed by atoms with Gasteiger partial charge in [0.05, 0.1) is 0 Å². The smallest absolute Gasteiger partial charge is 0.123 e. The molecule has 0 bridgehead atoms.